The molecule has 0 amide bonds. The van der Waals surface area contributed by atoms with Gasteiger partial charge >= 0.3 is 0 Å². The maximum Gasteiger partial charge on any atom is 0.147 e. The number of hydrogen-bond acceptors (Lipinski definition) is 4. The van der Waals surface area contributed by atoms with Gasteiger partial charge < -0.3 is 19.3 Å². The summed E-state index contributed by atoms with van der Waals surface area (Å²) in [6, 6.07) is 73.2. The van der Waals surface area contributed by atoms with Crippen LogP contribution in [0.3, 0.4) is 0 Å². The highest BCUT2D eigenvalue weighted by Gasteiger charge is 2.35. The van der Waals surface area contributed by atoms with Crippen molar-refractivity contribution in [3.63, 3.8) is 0 Å². The van der Waals surface area contributed by atoms with E-state index < -0.39 is 0 Å². The van der Waals surface area contributed by atoms with Crippen LogP contribution in [0.15, 0.2) is 205 Å². The van der Waals surface area contributed by atoms with Gasteiger partial charge in [0.05, 0.1) is 23.1 Å². The first-order chi connectivity index (χ1) is 44.1. The first kappa shape index (κ1) is 57.6. The second-order valence-electron chi connectivity index (χ2n) is 26.9. The molecule has 0 saturated heterocycles. The summed E-state index contributed by atoms with van der Waals surface area (Å²) in [4.78, 5) is 5.10. The van der Waals surface area contributed by atoms with Crippen molar-refractivity contribution in [1.82, 2.24) is 0 Å². The molecule has 1 unspecified atom stereocenters. The van der Waals surface area contributed by atoms with Gasteiger partial charge in [0.2, 0.25) is 0 Å². The van der Waals surface area contributed by atoms with Crippen LogP contribution in [0.2, 0.25) is 0 Å². The summed E-state index contributed by atoms with van der Waals surface area (Å²) in [5.41, 5.74) is 22.1. The fraction of sp³-hybridized carbons (Fsp3) is 0.279. The number of benzene rings is 11. The minimum absolute atomic E-state index is 0.135. The highest BCUT2D eigenvalue weighted by atomic mass is 16.3. The van der Waals surface area contributed by atoms with E-state index in [1.54, 1.807) is 0 Å². The van der Waals surface area contributed by atoms with Gasteiger partial charge in [-0.1, -0.05) is 238 Å². The molecular formula is C86H84N2O2. The monoisotopic (exact) mass is 1180 g/mol. The number of rotatable bonds is 15. The first-order valence-electron chi connectivity index (χ1n) is 34.0. The zero-order valence-corrected chi connectivity index (χ0v) is 53.5. The van der Waals surface area contributed by atoms with E-state index in [1.807, 2.05) is 0 Å². The second-order valence-corrected chi connectivity index (χ2v) is 26.9. The molecule has 15 rings (SSSR count). The predicted octanol–water partition coefficient (Wildman–Crippen LogP) is 25.3. The Bertz CT molecular complexity index is 4640. The lowest BCUT2D eigenvalue weighted by Crippen LogP contribution is -2.25. The SMILES string of the molecule is CCc1ccccc1-c1cccc(-c2cccc(N(c3ccc(C(C)C)cc3)c3cc(C4CCCCC4)c4ccc5c(N(c6ccc(C(C)C)cc6)C6CC=Cc7c6oc6c(-c8ccccc8CC)cccc76)cc(C6CCCCC6)c6ccc3c4c65)c2O)c1. The number of hydrogen-bond donors (Lipinski definition) is 1. The molecule has 0 spiro atoms. The van der Waals surface area contributed by atoms with Crippen molar-refractivity contribution in [3.05, 3.63) is 245 Å². The summed E-state index contributed by atoms with van der Waals surface area (Å²) in [6.45, 7) is 13.6. The van der Waals surface area contributed by atoms with Crippen molar-refractivity contribution in [2.45, 2.75) is 155 Å². The van der Waals surface area contributed by atoms with Crippen molar-refractivity contribution in [3.8, 4) is 39.1 Å². The van der Waals surface area contributed by atoms with Crippen LogP contribution in [-0.2, 0) is 12.8 Å². The summed E-state index contributed by atoms with van der Waals surface area (Å²) >= 11 is 0. The van der Waals surface area contributed by atoms with Gasteiger partial charge in [0.15, 0.2) is 0 Å². The van der Waals surface area contributed by atoms with Gasteiger partial charge in [-0.15, -0.1) is 0 Å². The summed E-state index contributed by atoms with van der Waals surface area (Å²) in [7, 11) is 0. The Kier molecular flexibility index (Phi) is 15.5. The molecule has 0 bridgehead atoms. The normalized spacial score (nSPS) is 15.7. The van der Waals surface area contributed by atoms with Crippen LogP contribution in [0, 0.1) is 0 Å². The van der Waals surface area contributed by atoms with E-state index in [9.17, 15) is 5.11 Å². The van der Waals surface area contributed by atoms with E-state index in [-0.39, 0.29) is 11.8 Å². The van der Waals surface area contributed by atoms with E-state index in [1.165, 1.54) is 145 Å². The second kappa shape index (κ2) is 24.2. The van der Waals surface area contributed by atoms with Crippen molar-refractivity contribution in [2.24, 2.45) is 0 Å². The van der Waals surface area contributed by atoms with Crippen LogP contribution in [0.25, 0.3) is 82.7 Å². The molecule has 1 heterocycles. The average molecular weight is 1180 g/mol. The molecule has 2 saturated carbocycles. The lowest BCUT2D eigenvalue weighted by Gasteiger charge is -2.37. The highest BCUT2D eigenvalue weighted by molar-refractivity contribution is 6.29. The molecule has 11 aromatic carbocycles. The minimum atomic E-state index is -0.135. The smallest absolute Gasteiger partial charge is 0.147 e. The van der Waals surface area contributed by atoms with Crippen LogP contribution in [-0.4, -0.2) is 5.11 Å². The lowest BCUT2D eigenvalue weighted by molar-refractivity contribution is 0.445. The fourth-order valence-corrected chi connectivity index (χ4v) is 16.3. The molecule has 1 aromatic heterocycles. The topological polar surface area (TPSA) is 39.9 Å². The number of fused-ring (bicyclic) bond motifs is 3. The summed E-state index contributed by atoms with van der Waals surface area (Å²) in [5, 5.41) is 22.3. The van der Waals surface area contributed by atoms with Gasteiger partial charge in [0.1, 0.15) is 17.1 Å². The Hall–Kier alpha value is -8.86. The highest BCUT2D eigenvalue weighted by Crippen LogP contribution is 2.56. The predicted molar refractivity (Wildman–Crippen MR) is 383 cm³/mol. The molecule has 1 atom stereocenters. The third-order valence-electron chi connectivity index (χ3n) is 21.0. The Balaban J connectivity index is 1.00. The maximum absolute atomic E-state index is 13.3. The van der Waals surface area contributed by atoms with E-state index in [4.69, 9.17) is 4.42 Å². The number of nitrogens with zero attached hydrogens (tertiary/aromatic N) is 2. The molecule has 0 radical (unpaired) electrons. The van der Waals surface area contributed by atoms with Crippen LogP contribution < -0.4 is 9.80 Å². The molecule has 3 aliphatic carbocycles. The molecule has 4 heteroatoms. The Morgan fingerprint density at radius 3 is 1.59 bits per heavy atom. The van der Waals surface area contributed by atoms with Crippen molar-refractivity contribution in [2.75, 3.05) is 9.80 Å². The van der Waals surface area contributed by atoms with E-state index >= 15 is 0 Å². The van der Waals surface area contributed by atoms with Gasteiger partial charge in [0.25, 0.3) is 0 Å². The van der Waals surface area contributed by atoms with Gasteiger partial charge in [-0.3, -0.25) is 0 Å². The summed E-state index contributed by atoms with van der Waals surface area (Å²) in [5.74, 6) is 2.87. The summed E-state index contributed by atoms with van der Waals surface area (Å²) in [6.07, 6.45) is 19.6. The van der Waals surface area contributed by atoms with E-state index in [2.05, 4.69) is 258 Å². The minimum Gasteiger partial charge on any atom is -0.505 e. The van der Waals surface area contributed by atoms with E-state index in [0.29, 0.717) is 23.7 Å². The number of anilines is 5. The fourth-order valence-electron chi connectivity index (χ4n) is 16.3. The maximum atomic E-state index is 13.3. The molecule has 1 N–H and O–H groups in total. The molecule has 4 nitrogen and oxygen atoms in total. The number of phenols is 1. The molecule has 0 aliphatic heterocycles. The standard InChI is InChI=1S/C86H84N2O2/c1-7-56-23-15-17-31-66(56)62-29-19-30-63(51-62)68-33-21-37-78(84(68)89)87(64-43-39-58(40-44-64)54(3)4)80-52-76(60-25-11-9-12-26-60)69-48-50-75-81(53-77(61-27-13-10-14-28-61)70-47-49-74(80)82(69)83(70)75)88(65-45-41-59(42-46-65)55(5)6)79-38-22-36-73-72-35-20-34-71(85(72)90-86(73)79)67-32-18-16-24-57(67)8-2/h15-24,29-37,39-55,60-61,79,89H,7-14,25-28,38H2,1-6H3. The van der Waals surface area contributed by atoms with Crippen molar-refractivity contribution < 1.29 is 9.52 Å². The Morgan fingerprint density at radius 2 is 0.967 bits per heavy atom. The molecule has 12 aromatic rings. The Morgan fingerprint density at radius 1 is 0.456 bits per heavy atom. The number of furan rings is 1. The van der Waals surface area contributed by atoms with E-state index in [0.717, 1.165) is 88.1 Å². The van der Waals surface area contributed by atoms with Crippen molar-refractivity contribution >= 4 is 77.8 Å². The average Bonchev–Trinajstić information content (AvgIpc) is 0.854. The molecule has 2 fully saturated rings. The number of aryl methyl sites for hydroxylation is 2. The van der Waals surface area contributed by atoms with Crippen LogP contribution in [0.5, 0.6) is 5.75 Å². The van der Waals surface area contributed by atoms with Gasteiger partial charge in [-0.2, -0.15) is 0 Å². The van der Waals surface area contributed by atoms with Crippen LogP contribution in [0.4, 0.5) is 28.4 Å². The zero-order valence-electron chi connectivity index (χ0n) is 53.5. The largest absolute Gasteiger partial charge is 0.505 e. The zero-order chi connectivity index (χ0) is 61.1. The molecule has 450 valence electrons. The van der Waals surface area contributed by atoms with Crippen LogP contribution >= 0.6 is 0 Å². The number of aromatic hydroxyl groups is 1. The van der Waals surface area contributed by atoms with Gasteiger partial charge in [0, 0.05) is 44.2 Å². The molecule has 3 aliphatic rings. The lowest BCUT2D eigenvalue weighted by atomic mass is 9.77. The third-order valence-corrected chi connectivity index (χ3v) is 21.0. The third kappa shape index (κ3) is 10.1. The van der Waals surface area contributed by atoms with Gasteiger partial charge in [-0.25, -0.2) is 0 Å². The van der Waals surface area contributed by atoms with Crippen LogP contribution in [0.1, 0.15) is 187 Å². The Labute approximate surface area is 532 Å². The summed E-state index contributed by atoms with van der Waals surface area (Å²) < 4.78 is 7.54. The number of phenolic OH excluding ortho intramolecular Hbond substituents is 1. The number of para-hydroxylation sites is 2. The molecular weight excluding hydrogens is 1090 g/mol. The van der Waals surface area contributed by atoms with Gasteiger partial charge in [-0.05, 0) is 194 Å². The quantitative estimate of drug-likeness (QED) is 0.104. The molecule has 90 heavy (non-hydrogen) atoms. The first-order valence-corrected chi connectivity index (χ1v) is 34.0. The van der Waals surface area contributed by atoms with Crippen molar-refractivity contribution in [1.29, 1.82) is 0 Å².